The molecular weight excluding hydrogens is 273 g/mol. The highest BCUT2D eigenvalue weighted by molar-refractivity contribution is 6.42. The molecule has 0 fully saturated rings. The molecule has 0 bridgehead atoms. The maximum Gasteiger partial charge on any atom is 0.151 e. The summed E-state index contributed by atoms with van der Waals surface area (Å²) in [7, 11) is 0.999. The van der Waals surface area contributed by atoms with Crippen molar-refractivity contribution < 1.29 is 10.2 Å². The van der Waals surface area contributed by atoms with Gasteiger partial charge in [0, 0.05) is 24.6 Å². The summed E-state index contributed by atoms with van der Waals surface area (Å²) < 4.78 is 0. The van der Waals surface area contributed by atoms with E-state index in [4.69, 9.17) is 0 Å². The summed E-state index contributed by atoms with van der Waals surface area (Å²) in [5.41, 5.74) is 2.63. The largest absolute Gasteiger partial charge is 0.387 e. The normalized spacial score (nSPS) is 28.4. The second kappa shape index (κ2) is 9.01. The average Bonchev–Trinajstić information content (AvgIpc) is 2.68. The van der Waals surface area contributed by atoms with Crippen molar-refractivity contribution in [1.29, 1.82) is 0 Å². The second-order valence-electron chi connectivity index (χ2n) is 6.50. The van der Waals surface area contributed by atoms with Crippen LogP contribution in [0.15, 0.2) is 47.6 Å². The summed E-state index contributed by atoms with van der Waals surface area (Å²) in [6, 6.07) is 0.425. The van der Waals surface area contributed by atoms with E-state index in [9.17, 15) is 10.2 Å². The Hall–Kier alpha value is -1.26. The Morgan fingerprint density at radius 1 is 1.32 bits per heavy atom. The van der Waals surface area contributed by atoms with Gasteiger partial charge in [-0.3, -0.25) is 0 Å². The maximum absolute atomic E-state index is 9.20. The van der Waals surface area contributed by atoms with Gasteiger partial charge >= 0.3 is 0 Å². The summed E-state index contributed by atoms with van der Waals surface area (Å²) >= 11 is 0. The first kappa shape index (κ1) is 17.1. The summed E-state index contributed by atoms with van der Waals surface area (Å²) in [6.45, 7) is 2.21. The van der Waals surface area contributed by atoms with Crippen molar-refractivity contribution in [2.45, 2.75) is 57.7 Å². The van der Waals surface area contributed by atoms with Gasteiger partial charge in [0.1, 0.15) is 0 Å². The van der Waals surface area contributed by atoms with E-state index in [1.807, 2.05) is 0 Å². The van der Waals surface area contributed by atoms with Gasteiger partial charge in [-0.15, -0.1) is 5.98 Å². The number of hydrogen-bond donors (Lipinski definition) is 3. The minimum absolute atomic E-state index is 0.403. The highest BCUT2D eigenvalue weighted by Crippen LogP contribution is 2.22. The van der Waals surface area contributed by atoms with E-state index in [-0.39, 0.29) is 0 Å². The average molecular weight is 301 g/mol. The van der Waals surface area contributed by atoms with Gasteiger partial charge in [0.15, 0.2) is 13.6 Å². The smallest absolute Gasteiger partial charge is 0.151 e. The Balaban J connectivity index is 1.98. The third-order valence-electron chi connectivity index (χ3n) is 4.39. The fraction of sp³-hybridized carbons (Fsp3) is 0.556. The van der Waals surface area contributed by atoms with Crippen LogP contribution in [-0.4, -0.2) is 29.8 Å². The molecule has 4 heteroatoms. The topological polar surface area (TPSA) is 52.5 Å². The molecule has 2 rings (SSSR count). The number of hydrogen-bond acceptors (Lipinski definition) is 3. The van der Waals surface area contributed by atoms with Crippen LogP contribution < -0.4 is 5.32 Å². The molecule has 3 nitrogen and oxygen atoms in total. The number of rotatable bonds is 4. The lowest BCUT2D eigenvalue weighted by Crippen LogP contribution is -2.26. The molecule has 1 unspecified atom stereocenters. The van der Waals surface area contributed by atoms with Gasteiger partial charge in [-0.25, -0.2) is 0 Å². The molecule has 120 valence electrons. The van der Waals surface area contributed by atoms with Gasteiger partial charge in [0.05, 0.1) is 0 Å². The molecule has 1 aliphatic carbocycles. The van der Waals surface area contributed by atoms with E-state index < -0.39 is 6.29 Å². The molecule has 0 amide bonds. The van der Waals surface area contributed by atoms with Crippen LogP contribution in [0.5, 0.6) is 0 Å². The zero-order valence-corrected chi connectivity index (χ0v) is 13.5. The van der Waals surface area contributed by atoms with Crippen LogP contribution in [0.2, 0.25) is 6.32 Å². The van der Waals surface area contributed by atoms with Crippen LogP contribution in [0.4, 0.5) is 0 Å². The molecule has 0 aromatic heterocycles. The Kier molecular flexibility index (Phi) is 7.01. The van der Waals surface area contributed by atoms with E-state index in [1.54, 1.807) is 0 Å². The maximum atomic E-state index is 9.20. The Bertz CT molecular complexity index is 466. The van der Waals surface area contributed by atoms with Crippen LogP contribution in [0.1, 0.15) is 39.0 Å². The number of allylic oxidation sites excluding steroid dienone is 6. The van der Waals surface area contributed by atoms with E-state index in [0.29, 0.717) is 18.4 Å². The van der Waals surface area contributed by atoms with Crippen molar-refractivity contribution in [2.24, 2.45) is 5.92 Å². The van der Waals surface area contributed by atoms with Crippen LogP contribution in [-0.2, 0) is 0 Å². The van der Waals surface area contributed by atoms with Crippen LogP contribution >= 0.6 is 0 Å². The van der Waals surface area contributed by atoms with Gasteiger partial charge in [-0.05, 0) is 37.7 Å². The van der Waals surface area contributed by atoms with Crippen molar-refractivity contribution in [3.8, 4) is 0 Å². The Morgan fingerprint density at radius 3 is 3.00 bits per heavy atom. The van der Waals surface area contributed by atoms with Crippen LogP contribution in [0.25, 0.3) is 0 Å². The van der Waals surface area contributed by atoms with Crippen molar-refractivity contribution in [3.63, 3.8) is 0 Å². The van der Waals surface area contributed by atoms with Crippen LogP contribution in [0.3, 0.4) is 0 Å². The quantitative estimate of drug-likeness (QED) is 0.552. The SMILES string of the molecule is CC1CC[C@@H](CC(O)O)CB/C=C(/CC2=CC=CCC=C2)N1. The minimum Gasteiger partial charge on any atom is -0.387 e. The number of aliphatic hydroxyl groups is 2. The summed E-state index contributed by atoms with van der Waals surface area (Å²) in [5, 5.41) is 22.0. The fourth-order valence-corrected chi connectivity index (χ4v) is 3.19. The summed E-state index contributed by atoms with van der Waals surface area (Å²) in [4.78, 5) is 0. The number of nitrogens with one attached hydrogen (secondary N) is 1. The van der Waals surface area contributed by atoms with Crippen molar-refractivity contribution in [2.75, 3.05) is 0 Å². The molecule has 22 heavy (non-hydrogen) atoms. The first-order valence-electron chi connectivity index (χ1n) is 8.47. The zero-order valence-electron chi connectivity index (χ0n) is 13.5. The Morgan fingerprint density at radius 2 is 2.18 bits per heavy atom. The summed E-state index contributed by atoms with van der Waals surface area (Å²) in [5.74, 6) is 2.70. The molecule has 0 spiro atoms. The van der Waals surface area contributed by atoms with Gasteiger partial charge in [-0.2, -0.15) is 0 Å². The van der Waals surface area contributed by atoms with E-state index >= 15 is 0 Å². The van der Waals surface area contributed by atoms with Crippen molar-refractivity contribution in [1.82, 2.24) is 5.32 Å². The molecule has 1 aliphatic heterocycles. The van der Waals surface area contributed by atoms with E-state index in [2.05, 4.69) is 48.6 Å². The lowest BCUT2D eigenvalue weighted by atomic mass is 9.67. The van der Waals surface area contributed by atoms with Crippen LogP contribution in [0, 0.1) is 5.92 Å². The zero-order chi connectivity index (χ0) is 15.8. The fourth-order valence-electron chi connectivity index (χ4n) is 3.19. The first-order valence-corrected chi connectivity index (χ1v) is 8.47. The van der Waals surface area contributed by atoms with Gasteiger partial charge < -0.3 is 15.5 Å². The molecule has 0 radical (unpaired) electrons. The molecule has 0 aromatic rings. The van der Waals surface area contributed by atoms with Crippen molar-refractivity contribution >= 4 is 7.28 Å². The molecule has 2 atom stereocenters. The third kappa shape index (κ3) is 6.24. The molecule has 0 saturated carbocycles. The molecule has 0 aromatic carbocycles. The highest BCUT2D eigenvalue weighted by atomic mass is 16.5. The number of aliphatic hydroxyl groups excluding tert-OH is 1. The van der Waals surface area contributed by atoms with E-state index in [1.165, 1.54) is 11.3 Å². The minimum atomic E-state index is -1.18. The predicted molar refractivity (Wildman–Crippen MR) is 93.8 cm³/mol. The molecule has 2 aliphatic rings. The van der Waals surface area contributed by atoms with E-state index in [0.717, 1.165) is 39.3 Å². The lowest BCUT2D eigenvalue weighted by molar-refractivity contribution is -0.0552. The Labute approximate surface area is 134 Å². The highest BCUT2D eigenvalue weighted by Gasteiger charge is 2.17. The third-order valence-corrected chi connectivity index (χ3v) is 4.39. The molecule has 0 saturated heterocycles. The lowest BCUT2D eigenvalue weighted by Gasteiger charge is -2.20. The monoisotopic (exact) mass is 301 g/mol. The molecular formula is C18H28BNO2. The van der Waals surface area contributed by atoms with Gasteiger partial charge in [0.25, 0.3) is 0 Å². The van der Waals surface area contributed by atoms with Gasteiger partial charge in [-0.1, -0.05) is 36.7 Å². The predicted octanol–water partition coefficient (Wildman–Crippen LogP) is 2.60. The first-order chi connectivity index (χ1) is 10.6. The molecule has 3 N–H and O–H groups in total. The standard InChI is InChI=1S/C18H28BNO2/c1-14-8-9-16(11-18(21)22)12-19-13-17(20-14)10-15-6-4-2-3-5-7-15/h2,4-7,13-14,16,18-22H,3,8-12H2,1H3/b17-13-/t14?,16-/m0/s1. The van der Waals surface area contributed by atoms with Crippen molar-refractivity contribution in [3.05, 3.63) is 47.6 Å². The second-order valence-corrected chi connectivity index (χ2v) is 6.50. The van der Waals surface area contributed by atoms with Gasteiger partial charge in [0.2, 0.25) is 0 Å². The summed E-state index contributed by atoms with van der Waals surface area (Å²) in [6.07, 6.45) is 15.3. The molecule has 1 heterocycles.